The van der Waals surface area contributed by atoms with Crippen LogP contribution < -0.4 is 15.5 Å². The average Bonchev–Trinajstić information content (AvgIpc) is 3.66. The van der Waals surface area contributed by atoms with Gasteiger partial charge in [0.15, 0.2) is 5.76 Å². The van der Waals surface area contributed by atoms with Gasteiger partial charge in [-0.1, -0.05) is 66.7 Å². The molecule has 0 unspecified atom stereocenters. The molecule has 2 N–H and O–H groups in total. The molecular weight excluding hydrogens is 478 g/mol. The summed E-state index contributed by atoms with van der Waals surface area (Å²) in [6.45, 7) is 0. The third-order valence-electron chi connectivity index (χ3n) is 7.90. The predicted molar refractivity (Wildman–Crippen MR) is 144 cm³/mol. The van der Waals surface area contributed by atoms with E-state index in [4.69, 9.17) is 4.42 Å². The first-order chi connectivity index (χ1) is 18.6. The number of Topliss-reactive ketones (excluding diaryl/α,β-unsaturated/α-hetero) is 1. The Labute approximate surface area is 218 Å². The van der Waals surface area contributed by atoms with Gasteiger partial charge in [0.05, 0.1) is 18.2 Å². The van der Waals surface area contributed by atoms with Gasteiger partial charge in [-0.25, -0.2) is 0 Å². The third-order valence-corrected chi connectivity index (χ3v) is 7.90. The third kappa shape index (κ3) is 2.99. The van der Waals surface area contributed by atoms with E-state index in [1.165, 1.54) is 6.26 Å². The van der Waals surface area contributed by atoms with Crippen molar-refractivity contribution in [1.29, 1.82) is 0 Å². The number of nitrogens with zero attached hydrogens (tertiary/aromatic N) is 1. The molecule has 1 saturated heterocycles. The molecule has 4 atom stereocenters. The summed E-state index contributed by atoms with van der Waals surface area (Å²) >= 11 is 0. The lowest BCUT2D eigenvalue weighted by Crippen LogP contribution is -2.51. The Morgan fingerprint density at radius 3 is 2.47 bits per heavy atom. The Balaban J connectivity index is 1.49. The Hall–Kier alpha value is -4.91. The largest absolute Gasteiger partial charge is 0.461 e. The number of fused-ring (bicyclic) bond motifs is 6. The molecule has 0 aliphatic carbocycles. The fraction of sp³-hybridized carbons (Fsp3) is 0.129. The quantitative estimate of drug-likeness (QED) is 0.389. The number of anilines is 3. The summed E-state index contributed by atoms with van der Waals surface area (Å²) in [5, 5.41) is 6.02. The summed E-state index contributed by atoms with van der Waals surface area (Å²) in [5.41, 5.74) is 2.29. The van der Waals surface area contributed by atoms with E-state index in [-0.39, 0.29) is 17.6 Å². The summed E-state index contributed by atoms with van der Waals surface area (Å²) in [4.78, 5) is 44.7. The van der Waals surface area contributed by atoms with Gasteiger partial charge in [0.25, 0.3) is 0 Å². The van der Waals surface area contributed by atoms with Crippen molar-refractivity contribution in [2.75, 3.05) is 15.5 Å². The lowest BCUT2D eigenvalue weighted by Gasteiger charge is -2.37. The smallest absolute Gasteiger partial charge is 0.247 e. The molecule has 4 heterocycles. The van der Waals surface area contributed by atoms with E-state index in [0.29, 0.717) is 16.9 Å². The number of nitrogens with one attached hydrogen (secondary N) is 2. The van der Waals surface area contributed by atoms with Crippen LogP contribution in [0, 0.1) is 5.92 Å². The Kier molecular flexibility index (Phi) is 4.88. The SMILES string of the molecule is O=C(c1ccco1)[C@@H]1[C@H](C(=O)Nc2ccccc2)N2c3ccccc3C=C[C@H]2[C@@]12C(=O)Nc1ccccc12. The van der Waals surface area contributed by atoms with E-state index in [1.807, 2.05) is 83.8 Å². The van der Waals surface area contributed by atoms with Crippen molar-refractivity contribution in [2.45, 2.75) is 17.5 Å². The second-order valence-corrected chi connectivity index (χ2v) is 9.76. The van der Waals surface area contributed by atoms with Crippen LogP contribution in [0.25, 0.3) is 6.08 Å². The molecule has 2 amide bonds. The number of rotatable bonds is 4. The van der Waals surface area contributed by atoms with Crippen molar-refractivity contribution in [1.82, 2.24) is 0 Å². The number of para-hydroxylation sites is 3. The monoisotopic (exact) mass is 501 g/mol. The van der Waals surface area contributed by atoms with E-state index >= 15 is 0 Å². The highest BCUT2D eigenvalue weighted by Crippen LogP contribution is 2.57. The average molecular weight is 502 g/mol. The van der Waals surface area contributed by atoms with Crippen LogP contribution in [0.4, 0.5) is 17.1 Å². The molecule has 1 aromatic heterocycles. The molecule has 3 aliphatic heterocycles. The van der Waals surface area contributed by atoms with Gasteiger partial charge in [0.2, 0.25) is 17.6 Å². The first-order valence-corrected chi connectivity index (χ1v) is 12.5. The van der Waals surface area contributed by atoms with Gasteiger partial charge < -0.3 is 20.0 Å². The van der Waals surface area contributed by atoms with Gasteiger partial charge in [-0.3, -0.25) is 14.4 Å². The van der Waals surface area contributed by atoms with Gasteiger partial charge in [-0.15, -0.1) is 0 Å². The Bertz CT molecular complexity index is 1610. The van der Waals surface area contributed by atoms with E-state index in [0.717, 1.165) is 11.3 Å². The van der Waals surface area contributed by atoms with Crippen molar-refractivity contribution in [3.05, 3.63) is 120 Å². The zero-order valence-corrected chi connectivity index (χ0v) is 20.2. The maximum Gasteiger partial charge on any atom is 0.247 e. The molecule has 7 nitrogen and oxygen atoms in total. The molecule has 38 heavy (non-hydrogen) atoms. The molecule has 1 fully saturated rings. The van der Waals surface area contributed by atoms with Crippen LogP contribution in [0.15, 0.2) is 108 Å². The van der Waals surface area contributed by atoms with Crippen LogP contribution in [0.1, 0.15) is 21.7 Å². The van der Waals surface area contributed by atoms with Crippen LogP contribution in [0.2, 0.25) is 0 Å². The van der Waals surface area contributed by atoms with Gasteiger partial charge in [-0.2, -0.15) is 0 Å². The molecular formula is C31H23N3O4. The van der Waals surface area contributed by atoms with Gasteiger partial charge in [-0.05, 0) is 47.5 Å². The number of carbonyl (C=O) groups excluding carboxylic acids is 3. The van der Waals surface area contributed by atoms with Crippen molar-refractivity contribution >= 4 is 40.7 Å². The summed E-state index contributed by atoms with van der Waals surface area (Å²) in [6, 6.07) is 25.9. The molecule has 1 spiro atoms. The highest BCUT2D eigenvalue weighted by molar-refractivity contribution is 6.17. The normalized spacial score (nSPS) is 24.5. The number of ketones is 1. The van der Waals surface area contributed by atoms with E-state index < -0.39 is 29.2 Å². The molecule has 3 aromatic carbocycles. The molecule has 186 valence electrons. The van der Waals surface area contributed by atoms with Gasteiger partial charge in [0, 0.05) is 17.1 Å². The van der Waals surface area contributed by atoms with Crippen molar-refractivity contribution in [3.63, 3.8) is 0 Å². The van der Waals surface area contributed by atoms with E-state index in [1.54, 1.807) is 24.3 Å². The first kappa shape index (κ1) is 22.3. The number of amides is 2. The minimum atomic E-state index is -1.36. The number of hydrogen-bond acceptors (Lipinski definition) is 5. The van der Waals surface area contributed by atoms with Gasteiger partial charge in [0.1, 0.15) is 11.5 Å². The zero-order valence-electron chi connectivity index (χ0n) is 20.2. The second kappa shape index (κ2) is 8.31. The highest BCUT2D eigenvalue weighted by Gasteiger charge is 2.70. The lowest BCUT2D eigenvalue weighted by atomic mass is 9.65. The summed E-state index contributed by atoms with van der Waals surface area (Å²) in [6.07, 6.45) is 5.35. The first-order valence-electron chi connectivity index (χ1n) is 12.5. The molecule has 0 radical (unpaired) electrons. The maximum absolute atomic E-state index is 14.3. The molecule has 0 bridgehead atoms. The minimum Gasteiger partial charge on any atom is -0.461 e. The number of furan rings is 1. The van der Waals surface area contributed by atoms with Crippen LogP contribution in [-0.2, 0) is 15.0 Å². The summed E-state index contributed by atoms with van der Waals surface area (Å²) in [7, 11) is 0. The second-order valence-electron chi connectivity index (χ2n) is 9.76. The maximum atomic E-state index is 14.3. The number of benzene rings is 3. The number of hydrogen-bond donors (Lipinski definition) is 2. The molecule has 0 saturated carbocycles. The summed E-state index contributed by atoms with van der Waals surface area (Å²) < 4.78 is 5.55. The van der Waals surface area contributed by atoms with Crippen LogP contribution in [0.5, 0.6) is 0 Å². The summed E-state index contributed by atoms with van der Waals surface area (Å²) in [5.74, 6) is -2.03. The van der Waals surface area contributed by atoms with Crippen LogP contribution >= 0.6 is 0 Å². The molecule has 3 aliphatic rings. The highest BCUT2D eigenvalue weighted by atomic mass is 16.3. The van der Waals surface area contributed by atoms with E-state index in [9.17, 15) is 14.4 Å². The van der Waals surface area contributed by atoms with Crippen LogP contribution in [-0.4, -0.2) is 29.7 Å². The Morgan fingerprint density at radius 1 is 0.895 bits per heavy atom. The van der Waals surface area contributed by atoms with Crippen LogP contribution in [0.3, 0.4) is 0 Å². The fourth-order valence-corrected chi connectivity index (χ4v) is 6.43. The van der Waals surface area contributed by atoms with Crippen molar-refractivity contribution in [3.8, 4) is 0 Å². The molecule has 7 heteroatoms. The van der Waals surface area contributed by atoms with Gasteiger partial charge >= 0.3 is 0 Å². The Morgan fingerprint density at radius 2 is 1.66 bits per heavy atom. The minimum absolute atomic E-state index is 0.112. The standard InChI is InChI=1S/C31H23N3O4/c35-28(24-15-8-18-38-24)26-27(29(36)32-20-10-2-1-3-11-20)34-23-14-7-4-9-19(23)16-17-25(34)31(26)21-12-5-6-13-22(21)33-30(31)37/h1-18,25-27H,(H,32,36)(H,33,37)/t25-,26-,27+,31+/m0/s1. The van der Waals surface area contributed by atoms with Crippen molar-refractivity contribution < 1.29 is 18.8 Å². The lowest BCUT2D eigenvalue weighted by molar-refractivity contribution is -0.122. The van der Waals surface area contributed by atoms with Crippen molar-refractivity contribution in [2.24, 2.45) is 5.92 Å². The topological polar surface area (TPSA) is 91.7 Å². The fourth-order valence-electron chi connectivity index (χ4n) is 6.43. The molecule has 7 rings (SSSR count). The van der Waals surface area contributed by atoms with E-state index in [2.05, 4.69) is 10.6 Å². The molecule has 4 aromatic rings. The predicted octanol–water partition coefficient (Wildman–Crippen LogP) is 4.89. The zero-order chi connectivity index (χ0) is 25.9. The number of carbonyl (C=O) groups is 3.